The summed E-state index contributed by atoms with van der Waals surface area (Å²) in [6.07, 6.45) is 6.50. The van der Waals surface area contributed by atoms with Crippen molar-refractivity contribution in [3.63, 3.8) is 0 Å². The van der Waals surface area contributed by atoms with Crippen LogP contribution in [0.5, 0.6) is 0 Å². The standard InChI is InChI=1S/C17H24N2O2/c1-14(2)7-6-8-15(3)11-12-18-13-16-9-4-5-10-17(16)19(20)21/h4-5,7,9-11,18H,6,8,12-13H2,1-3H3/b15-11+. The van der Waals surface area contributed by atoms with Crippen LogP contribution in [0.25, 0.3) is 0 Å². The molecule has 0 aliphatic heterocycles. The van der Waals surface area contributed by atoms with E-state index in [4.69, 9.17) is 0 Å². The van der Waals surface area contributed by atoms with Crippen LogP contribution in [0.3, 0.4) is 0 Å². The zero-order valence-corrected chi connectivity index (χ0v) is 13.1. The van der Waals surface area contributed by atoms with Gasteiger partial charge in [0, 0.05) is 24.7 Å². The first-order chi connectivity index (χ1) is 10.0. The summed E-state index contributed by atoms with van der Waals surface area (Å²) in [6, 6.07) is 6.84. The van der Waals surface area contributed by atoms with E-state index in [9.17, 15) is 10.1 Å². The average molecular weight is 288 g/mol. The molecule has 21 heavy (non-hydrogen) atoms. The lowest BCUT2D eigenvalue weighted by Gasteiger charge is -2.04. The molecular weight excluding hydrogens is 264 g/mol. The molecule has 1 aromatic rings. The van der Waals surface area contributed by atoms with Gasteiger partial charge in [0.2, 0.25) is 0 Å². The highest BCUT2D eigenvalue weighted by Gasteiger charge is 2.10. The fourth-order valence-corrected chi connectivity index (χ4v) is 1.98. The Hall–Kier alpha value is -1.94. The molecule has 0 radical (unpaired) electrons. The number of allylic oxidation sites excluding steroid dienone is 3. The molecule has 4 nitrogen and oxygen atoms in total. The quantitative estimate of drug-likeness (QED) is 0.334. The fraction of sp³-hybridized carbons (Fsp3) is 0.412. The van der Waals surface area contributed by atoms with Crippen molar-refractivity contribution in [2.75, 3.05) is 6.54 Å². The number of nitro benzene ring substituents is 1. The monoisotopic (exact) mass is 288 g/mol. The minimum absolute atomic E-state index is 0.175. The number of hydrogen-bond acceptors (Lipinski definition) is 3. The van der Waals surface area contributed by atoms with Gasteiger partial charge in [0.25, 0.3) is 5.69 Å². The lowest BCUT2D eigenvalue weighted by molar-refractivity contribution is -0.385. The Labute approximate surface area is 126 Å². The van der Waals surface area contributed by atoms with Gasteiger partial charge in [0.15, 0.2) is 0 Å². The molecule has 0 aliphatic rings. The lowest BCUT2D eigenvalue weighted by Crippen LogP contribution is -2.14. The molecule has 0 spiro atoms. The molecule has 0 unspecified atom stereocenters. The van der Waals surface area contributed by atoms with Crippen molar-refractivity contribution in [2.24, 2.45) is 0 Å². The van der Waals surface area contributed by atoms with E-state index in [1.807, 2.05) is 6.07 Å². The largest absolute Gasteiger partial charge is 0.309 e. The maximum absolute atomic E-state index is 10.9. The molecule has 1 N–H and O–H groups in total. The number of para-hydroxylation sites is 1. The van der Waals surface area contributed by atoms with Gasteiger partial charge in [-0.2, -0.15) is 0 Å². The number of benzene rings is 1. The van der Waals surface area contributed by atoms with E-state index in [0.717, 1.165) is 24.9 Å². The van der Waals surface area contributed by atoms with Gasteiger partial charge in [-0.15, -0.1) is 0 Å². The van der Waals surface area contributed by atoms with Gasteiger partial charge in [-0.1, -0.05) is 41.5 Å². The average Bonchev–Trinajstić information content (AvgIpc) is 2.43. The Morgan fingerprint density at radius 2 is 1.95 bits per heavy atom. The van der Waals surface area contributed by atoms with Crippen molar-refractivity contribution < 1.29 is 4.92 Å². The van der Waals surface area contributed by atoms with Crippen molar-refractivity contribution in [2.45, 2.75) is 40.2 Å². The summed E-state index contributed by atoms with van der Waals surface area (Å²) in [7, 11) is 0. The van der Waals surface area contributed by atoms with Gasteiger partial charge in [0.05, 0.1) is 4.92 Å². The van der Waals surface area contributed by atoms with Crippen molar-refractivity contribution in [3.05, 3.63) is 63.2 Å². The summed E-state index contributed by atoms with van der Waals surface area (Å²) in [5.41, 5.74) is 3.58. The highest BCUT2D eigenvalue weighted by molar-refractivity contribution is 5.39. The second kappa shape index (κ2) is 9.08. The molecule has 0 saturated carbocycles. The molecular formula is C17H24N2O2. The van der Waals surface area contributed by atoms with Crippen LogP contribution in [0.1, 0.15) is 39.2 Å². The first-order valence-electron chi connectivity index (χ1n) is 7.22. The topological polar surface area (TPSA) is 55.2 Å². The molecule has 0 aliphatic carbocycles. The minimum Gasteiger partial charge on any atom is -0.309 e. The number of nitrogens with zero attached hydrogens (tertiary/aromatic N) is 1. The zero-order valence-electron chi connectivity index (χ0n) is 13.1. The highest BCUT2D eigenvalue weighted by Crippen LogP contribution is 2.17. The van der Waals surface area contributed by atoms with Gasteiger partial charge in [-0.05, 0) is 33.6 Å². The molecule has 0 amide bonds. The van der Waals surface area contributed by atoms with Crippen molar-refractivity contribution in [1.82, 2.24) is 5.32 Å². The number of nitrogens with one attached hydrogen (secondary N) is 1. The number of hydrogen-bond donors (Lipinski definition) is 1. The first kappa shape index (κ1) is 17.1. The molecule has 1 rings (SSSR count). The summed E-state index contributed by atoms with van der Waals surface area (Å²) in [5.74, 6) is 0. The lowest BCUT2D eigenvalue weighted by atomic mass is 10.1. The number of nitro groups is 1. The SMILES string of the molecule is CC(C)=CCC/C(C)=C/CNCc1ccccc1[N+](=O)[O-]. The van der Waals surface area contributed by atoms with E-state index >= 15 is 0 Å². The Kier molecular flexibility index (Phi) is 7.40. The first-order valence-corrected chi connectivity index (χ1v) is 7.22. The second-order valence-corrected chi connectivity index (χ2v) is 5.39. The zero-order chi connectivity index (χ0) is 15.7. The van der Waals surface area contributed by atoms with Crippen molar-refractivity contribution in [1.29, 1.82) is 0 Å². The van der Waals surface area contributed by atoms with Crippen LogP contribution in [0.15, 0.2) is 47.6 Å². The smallest absolute Gasteiger partial charge is 0.273 e. The van der Waals surface area contributed by atoms with Crippen LogP contribution in [0.2, 0.25) is 0 Å². The second-order valence-electron chi connectivity index (χ2n) is 5.39. The Bertz CT molecular complexity index is 529. The summed E-state index contributed by atoms with van der Waals surface area (Å²) in [5, 5.41) is 14.1. The van der Waals surface area contributed by atoms with E-state index in [1.54, 1.807) is 12.1 Å². The van der Waals surface area contributed by atoms with Crippen LogP contribution in [0.4, 0.5) is 5.69 Å². The van der Waals surface area contributed by atoms with Crippen LogP contribution in [-0.2, 0) is 6.54 Å². The molecule has 0 saturated heterocycles. The maximum Gasteiger partial charge on any atom is 0.273 e. The number of rotatable bonds is 8. The summed E-state index contributed by atoms with van der Waals surface area (Å²) in [4.78, 5) is 10.6. The van der Waals surface area contributed by atoms with Crippen LogP contribution in [0, 0.1) is 10.1 Å². The van der Waals surface area contributed by atoms with Crippen LogP contribution >= 0.6 is 0 Å². The molecule has 114 valence electrons. The van der Waals surface area contributed by atoms with E-state index in [2.05, 4.69) is 38.2 Å². The molecule has 0 heterocycles. The van der Waals surface area contributed by atoms with Gasteiger partial charge >= 0.3 is 0 Å². The van der Waals surface area contributed by atoms with Crippen LogP contribution < -0.4 is 5.32 Å². The van der Waals surface area contributed by atoms with Gasteiger partial charge in [0.1, 0.15) is 0 Å². The minimum atomic E-state index is -0.336. The Morgan fingerprint density at radius 1 is 1.24 bits per heavy atom. The van der Waals surface area contributed by atoms with Crippen LogP contribution in [-0.4, -0.2) is 11.5 Å². The van der Waals surface area contributed by atoms with E-state index in [1.165, 1.54) is 17.2 Å². The van der Waals surface area contributed by atoms with Gasteiger partial charge in [-0.25, -0.2) is 0 Å². The summed E-state index contributed by atoms with van der Waals surface area (Å²) < 4.78 is 0. The Balaban J connectivity index is 2.40. The molecule has 4 heteroatoms. The molecule has 0 fully saturated rings. The predicted molar refractivity (Wildman–Crippen MR) is 87.2 cm³/mol. The normalized spacial score (nSPS) is 11.3. The van der Waals surface area contributed by atoms with E-state index in [-0.39, 0.29) is 10.6 Å². The van der Waals surface area contributed by atoms with Gasteiger partial charge < -0.3 is 5.32 Å². The Morgan fingerprint density at radius 3 is 2.62 bits per heavy atom. The van der Waals surface area contributed by atoms with Crippen molar-refractivity contribution >= 4 is 5.69 Å². The molecule has 1 aromatic carbocycles. The van der Waals surface area contributed by atoms with E-state index in [0.29, 0.717) is 6.54 Å². The fourth-order valence-electron chi connectivity index (χ4n) is 1.98. The third kappa shape index (κ3) is 6.86. The summed E-state index contributed by atoms with van der Waals surface area (Å²) >= 11 is 0. The maximum atomic E-state index is 10.9. The third-order valence-electron chi connectivity index (χ3n) is 3.19. The highest BCUT2D eigenvalue weighted by atomic mass is 16.6. The molecule has 0 bridgehead atoms. The third-order valence-corrected chi connectivity index (χ3v) is 3.19. The van der Waals surface area contributed by atoms with E-state index < -0.39 is 0 Å². The van der Waals surface area contributed by atoms with Crippen molar-refractivity contribution in [3.8, 4) is 0 Å². The predicted octanol–water partition coefficient (Wildman–Crippen LogP) is 4.38. The summed E-state index contributed by atoms with van der Waals surface area (Å²) in [6.45, 7) is 7.56. The molecule has 0 aromatic heterocycles. The van der Waals surface area contributed by atoms with Gasteiger partial charge in [-0.3, -0.25) is 10.1 Å². The molecule has 0 atom stereocenters.